The summed E-state index contributed by atoms with van der Waals surface area (Å²) in [5.74, 6) is -0.103. The largest absolute Gasteiger partial charge is 0.355 e. The Bertz CT molecular complexity index is 1110. The SMILES string of the molecule is C=C(C)/C=C(C)\C(=C/CCC)c1ccccc1/C(CCC)=C(\CC)N1C=CC(C(=O)NC)=CC1=C. The van der Waals surface area contributed by atoms with Gasteiger partial charge in [0.25, 0.3) is 5.91 Å². The minimum atomic E-state index is -0.103. The summed E-state index contributed by atoms with van der Waals surface area (Å²) in [6.45, 7) is 19.2. The lowest BCUT2D eigenvalue weighted by atomic mass is 9.86. The average Bonchev–Trinajstić information content (AvgIpc) is 2.84. The molecule has 0 bridgehead atoms. The smallest absolute Gasteiger partial charge is 0.251 e. The number of allylic oxidation sites excluding steroid dienone is 8. The molecule has 186 valence electrons. The molecule has 0 saturated heterocycles. The second-order valence-electron chi connectivity index (χ2n) is 9.01. The van der Waals surface area contributed by atoms with E-state index < -0.39 is 0 Å². The first-order valence-electron chi connectivity index (χ1n) is 12.7. The van der Waals surface area contributed by atoms with Crippen LogP contribution in [-0.4, -0.2) is 17.9 Å². The van der Waals surface area contributed by atoms with Gasteiger partial charge in [-0.2, -0.15) is 0 Å². The Morgan fingerprint density at radius 1 is 1.09 bits per heavy atom. The summed E-state index contributed by atoms with van der Waals surface area (Å²) in [7, 11) is 1.65. The van der Waals surface area contributed by atoms with E-state index in [1.54, 1.807) is 7.05 Å². The van der Waals surface area contributed by atoms with Gasteiger partial charge < -0.3 is 10.2 Å². The van der Waals surface area contributed by atoms with Crippen molar-refractivity contribution in [3.63, 3.8) is 0 Å². The number of unbranched alkanes of at least 4 members (excludes halogenated alkanes) is 1. The van der Waals surface area contributed by atoms with Crippen LogP contribution in [-0.2, 0) is 4.79 Å². The van der Waals surface area contributed by atoms with Crippen LogP contribution in [0.3, 0.4) is 0 Å². The van der Waals surface area contributed by atoms with Gasteiger partial charge in [-0.3, -0.25) is 4.79 Å². The molecule has 1 aromatic rings. The first kappa shape index (κ1) is 27.9. The minimum Gasteiger partial charge on any atom is -0.355 e. The van der Waals surface area contributed by atoms with Crippen LogP contribution < -0.4 is 5.32 Å². The van der Waals surface area contributed by atoms with E-state index in [2.05, 4.69) is 87.5 Å². The molecule has 2 rings (SSSR count). The third-order valence-corrected chi connectivity index (χ3v) is 6.07. The van der Waals surface area contributed by atoms with Crippen LogP contribution in [0.25, 0.3) is 11.1 Å². The Labute approximate surface area is 213 Å². The predicted octanol–water partition coefficient (Wildman–Crippen LogP) is 8.33. The maximum absolute atomic E-state index is 12.1. The van der Waals surface area contributed by atoms with Gasteiger partial charge in [-0.05, 0) is 73.1 Å². The molecule has 35 heavy (non-hydrogen) atoms. The molecular formula is C32H42N2O. The molecule has 1 aliphatic heterocycles. The van der Waals surface area contributed by atoms with Gasteiger partial charge in [0.05, 0.1) is 0 Å². The Morgan fingerprint density at radius 2 is 1.77 bits per heavy atom. The Morgan fingerprint density at radius 3 is 2.31 bits per heavy atom. The Kier molecular flexibility index (Phi) is 10.8. The summed E-state index contributed by atoms with van der Waals surface area (Å²) in [6.07, 6.45) is 15.2. The molecule has 3 nitrogen and oxygen atoms in total. The summed E-state index contributed by atoms with van der Waals surface area (Å²) in [5, 5.41) is 2.69. The van der Waals surface area contributed by atoms with Crippen LogP contribution in [0, 0.1) is 0 Å². The topological polar surface area (TPSA) is 32.3 Å². The highest BCUT2D eigenvalue weighted by molar-refractivity contribution is 5.97. The van der Waals surface area contributed by atoms with Gasteiger partial charge in [0.2, 0.25) is 0 Å². The number of benzene rings is 1. The lowest BCUT2D eigenvalue weighted by molar-refractivity contribution is -0.116. The van der Waals surface area contributed by atoms with Crippen LogP contribution in [0.2, 0.25) is 0 Å². The molecule has 0 saturated carbocycles. The van der Waals surface area contributed by atoms with Crippen LogP contribution in [0.1, 0.15) is 77.8 Å². The predicted molar refractivity (Wildman–Crippen MR) is 152 cm³/mol. The van der Waals surface area contributed by atoms with Crippen molar-refractivity contribution in [2.24, 2.45) is 0 Å². The van der Waals surface area contributed by atoms with Crippen LogP contribution in [0.5, 0.6) is 0 Å². The number of carbonyl (C=O) groups is 1. The highest BCUT2D eigenvalue weighted by atomic mass is 16.1. The van der Waals surface area contributed by atoms with Gasteiger partial charge in [0.1, 0.15) is 0 Å². The molecule has 1 N–H and O–H groups in total. The van der Waals surface area contributed by atoms with Gasteiger partial charge in [0.15, 0.2) is 0 Å². The van der Waals surface area contributed by atoms with Crippen molar-refractivity contribution >= 4 is 17.1 Å². The maximum atomic E-state index is 12.1. The van der Waals surface area contributed by atoms with E-state index in [4.69, 9.17) is 0 Å². The number of nitrogens with one attached hydrogen (secondary N) is 1. The fraction of sp³-hybridized carbons (Fsp3) is 0.344. The molecule has 1 amide bonds. The zero-order chi connectivity index (χ0) is 26.0. The van der Waals surface area contributed by atoms with E-state index in [0.717, 1.165) is 43.4 Å². The standard InChI is InChI=1S/C32H42N2O/c1-9-12-16-27(24(6)21-23(4)5)28-17-13-14-18-29(28)30(15-10-2)31(11-3)34-20-19-26(22-25(34)7)32(35)33-8/h13-14,16-22H,4,7,9-12,15H2,1-3,5-6,8H3,(H,33,35)/b24-21-,27-16+,31-30+. The average molecular weight is 471 g/mol. The third kappa shape index (κ3) is 7.08. The number of rotatable bonds is 11. The lowest BCUT2D eigenvalue weighted by Crippen LogP contribution is -2.24. The molecule has 0 radical (unpaired) electrons. The van der Waals surface area contributed by atoms with E-state index >= 15 is 0 Å². The molecule has 1 aromatic carbocycles. The number of likely N-dealkylation sites (N-methyl/N-ethyl adjacent to an activating group) is 1. The van der Waals surface area contributed by atoms with Gasteiger partial charge in [-0.15, -0.1) is 0 Å². The number of amides is 1. The van der Waals surface area contributed by atoms with E-state index in [0.29, 0.717) is 5.57 Å². The number of hydrogen-bond donors (Lipinski definition) is 1. The van der Waals surface area contributed by atoms with Gasteiger partial charge in [-0.25, -0.2) is 0 Å². The van der Waals surface area contributed by atoms with Crippen molar-refractivity contribution in [1.29, 1.82) is 0 Å². The van der Waals surface area contributed by atoms with Crippen molar-refractivity contribution < 1.29 is 4.79 Å². The molecule has 0 aliphatic carbocycles. The molecule has 0 spiro atoms. The van der Waals surface area contributed by atoms with Gasteiger partial charge in [0, 0.05) is 30.2 Å². The quantitative estimate of drug-likeness (QED) is 0.330. The number of hydrogen-bond acceptors (Lipinski definition) is 2. The van der Waals surface area contributed by atoms with E-state index in [9.17, 15) is 4.79 Å². The fourth-order valence-electron chi connectivity index (χ4n) is 4.51. The summed E-state index contributed by atoms with van der Waals surface area (Å²) in [5.41, 5.74) is 10.00. The highest BCUT2D eigenvalue weighted by Crippen LogP contribution is 2.37. The molecule has 1 heterocycles. The molecule has 3 heteroatoms. The van der Waals surface area contributed by atoms with Gasteiger partial charge >= 0.3 is 0 Å². The van der Waals surface area contributed by atoms with Crippen LogP contribution in [0.4, 0.5) is 0 Å². The second kappa shape index (κ2) is 13.5. The van der Waals surface area contributed by atoms with Crippen LogP contribution in [0.15, 0.2) is 96.0 Å². The van der Waals surface area contributed by atoms with Crippen molar-refractivity contribution in [2.45, 2.75) is 66.7 Å². The molecule has 0 atom stereocenters. The number of carbonyl (C=O) groups excluding carboxylic acids is 1. The first-order chi connectivity index (χ1) is 16.8. The fourth-order valence-corrected chi connectivity index (χ4v) is 4.51. The van der Waals surface area contributed by atoms with Crippen LogP contribution >= 0.6 is 0 Å². The summed E-state index contributed by atoms with van der Waals surface area (Å²) in [4.78, 5) is 14.3. The summed E-state index contributed by atoms with van der Waals surface area (Å²) in [6, 6.07) is 8.73. The van der Waals surface area contributed by atoms with Crippen molar-refractivity contribution in [3.8, 4) is 0 Å². The monoisotopic (exact) mass is 470 g/mol. The zero-order valence-electron chi connectivity index (χ0n) is 22.5. The first-order valence-corrected chi connectivity index (χ1v) is 12.7. The van der Waals surface area contributed by atoms with Crippen molar-refractivity contribution in [1.82, 2.24) is 10.2 Å². The van der Waals surface area contributed by atoms with Gasteiger partial charge in [-0.1, -0.05) is 88.8 Å². The van der Waals surface area contributed by atoms with E-state index in [1.807, 2.05) is 25.3 Å². The molecule has 0 unspecified atom stereocenters. The van der Waals surface area contributed by atoms with Crippen molar-refractivity contribution in [2.75, 3.05) is 7.05 Å². The summed E-state index contributed by atoms with van der Waals surface area (Å²) < 4.78 is 0. The molecule has 0 fully saturated rings. The van der Waals surface area contributed by atoms with E-state index in [1.165, 1.54) is 33.5 Å². The molecule has 0 aromatic heterocycles. The Balaban J connectivity index is 2.72. The second-order valence-corrected chi connectivity index (χ2v) is 9.01. The molecular weight excluding hydrogens is 428 g/mol. The zero-order valence-corrected chi connectivity index (χ0v) is 22.5. The normalized spacial score (nSPS) is 15.1. The maximum Gasteiger partial charge on any atom is 0.251 e. The lowest BCUT2D eigenvalue weighted by Gasteiger charge is -2.30. The Hall–Kier alpha value is -3.33. The van der Waals surface area contributed by atoms with E-state index in [-0.39, 0.29) is 5.91 Å². The number of nitrogens with zero attached hydrogens (tertiary/aromatic N) is 1. The third-order valence-electron chi connectivity index (χ3n) is 6.07. The minimum absolute atomic E-state index is 0.103. The highest BCUT2D eigenvalue weighted by Gasteiger charge is 2.21. The molecule has 1 aliphatic rings. The van der Waals surface area contributed by atoms with Crippen molar-refractivity contribution in [3.05, 3.63) is 107 Å². The summed E-state index contributed by atoms with van der Waals surface area (Å²) >= 11 is 0.